The number of nitrogens with zero attached hydrogens (tertiary/aromatic N) is 2. The van der Waals surface area contributed by atoms with E-state index in [2.05, 4.69) is 52.8 Å². The Labute approximate surface area is 206 Å². The number of anilines is 1. The molecule has 0 radical (unpaired) electrons. The van der Waals surface area contributed by atoms with E-state index >= 15 is 0 Å². The highest BCUT2D eigenvalue weighted by atomic mass is 16.2. The lowest BCUT2D eigenvalue weighted by atomic mass is 9.68. The zero-order valence-corrected chi connectivity index (χ0v) is 20.7. The zero-order chi connectivity index (χ0) is 24.2. The van der Waals surface area contributed by atoms with E-state index in [0.717, 1.165) is 81.5 Å². The monoisotopic (exact) mass is 470 g/mol. The van der Waals surface area contributed by atoms with Crippen molar-refractivity contribution >= 4 is 28.5 Å². The highest BCUT2D eigenvalue weighted by molar-refractivity contribution is 6.07. The summed E-state index contributed by atoms with van der Waals surface area (Å²) in [5, 5.41) is 7.24. The minimum atomic E-state index is -0.331. The van der Waals surface area contributed by atoms with E-state index in [0.29, 0.717) is 0 Å². The van der Waals surface area contributed by atoms with Crippen LogP contribution in [0.1, 0.15) is 60.1 Å². The number of carbonyl (C=O) groups is 2. The molecule has 2 N–H and O–H groups in total. The molecule has 3 heterocycles. The Morgan fingerprint density at radius 3 is 2.86 bits per heavy atom. The van der Waals surface area contributed by atoms with Crippen molar-refractivity contribution in [2.45, 2.75) is 63.8 Å². The highest BCUT2D eigenvalue weighted by Crippen LogP contribution is 2.49. The first kappa shape index (κ1) is 22.4. The third-order valence-corrected chi connectivity index (χ3v) is 8.57. The first-order valence-electron chi connectivity index (χ1n) is 13.0. The van der Waals surface area contributed by atoms with E-state index in [4.69, 9.17) is 0 Å². The Balaban J connectivity index is 1.17. The number of carbonyl (C=O) groups excluding carboxylic acids is 2. The van der Waals surface area contributed by atoms with Gasteiger partial charge < -0.3 is 10.6 Å². The van der Waals surface area contributed by atoms with Crippen LogP contribution in [0.25, 0.3) is 10.9 Å². The average Bonchev–Trinajstić information content (AvgIpc) is 3.35. The van der Waals surface area contributed by atoms with E-state index in [9.17, 15) is 9.59 Å². The molecule has 0 spiro atoms. The molecule has 0 saturated heterocycles. The van der Waals surface area contributed by atoms with Crippen molar-refractivity contribution < 1.29 is 9.59 Å². The summed E-state index contributed by atoms with van der Waals surface area (Å²) in [7, 11) is 1.70. The molecule has 0 saturated carbocycles. The fraction of sp³-hybridized carbons (Fsp3) is 0.448. The maximum absolute atomic E-state index is 13.1. The number of rotatable bonds is 5. The molecule has 6 rings (SSSR count). The van der Waals surface area contributed by atoms with Crippen LogP contribution < -0.4 is 10.6 Å². The molecule has 1 aromatic heterocycles. The maximum Gasteiger partial charge on any atom is 0.326 e. The Morgan fingerprint density at radius 1 is 1.14 bits per heavy atom. The molecule has 1 aliphatic carbocycles. The number of fused-ring (bicyclic) bond motifs is 3. The van der Waals surface area contributed by atoms with Crippen molar-refractivity contribution in [3.8, 4) is 0 Å². The Hall–Kier alpha value is -3.12. The van der Waals surface area contributed by atoms with Gasteiger partial charge in [-0.05, 0) is 86.4 Å². The minimum Gasteiger partial charge on any atom is -0.340 e. The third-order valence-electron chi connectivity index (χ3n) is 8.57. The van der Waals surface area contributed by atoms with Crippen molar-refractivity contribution in [1.82, 2.24) is 14.8 Å². The van der Waals surface area contributed by atoms with E-state index in [1.807, 2.05) is 10.6 Å². The number of aromatic nitrogens is 1. The lowest BCUT2D eigenvalue weighted by molar-refractivity contribution is -0.121. The van der Waals surface area contributed by atoms with Crippen molar-refractivity contribution in [1.29, 1.82) is 0 Å². The minimum absolute atomic E-state index is 0.0678. The van der Waals surface area contributed by atoms with Crippen LogP contribution in [-0.4, -0.2) is 41.5 Å². The highest BCUT2D eigenvalue weighted by Gasteiger charge is 2.48. The lowest BCUT2D eigenvalue weighted by Gasteiger charge is -2.33. The molecule has 2 amide bonds. The van der Waals surface area contributed by atoms with Gasteiger partial charge in [0.05, 0.1) is 10.9 Å². The molecule has 6 heteroatoms. The standard InChI is InChI=1S/C29H34N4O2/c1-19-8-5-12-23-25(19)21-13-17-32(18-24(21)33(23)28(35)30-2)16-4-3-14-29-15-7-10-20-9-6-11-22(26(20)29)31-27(29)34/h5-6,8-9,11-12H,3-4,7,10,13-18H2,1-2H3,(H,30,35)(H,31,34)/t29-/m1/s1. The molecule has 6 nitrogen and oxygen atoms in total. The van der Waals surface area contributed by atoms with Gasteiger partial charge in [-0.3, -0.25) is 14.3 Å². The summed E-state index contributed by atoms with van der Waals surface area (Å²) in [6, 6.07) is 12.5. The van der Waals surface area contributed by atoms with Crippen LogP contribution in [0.3, 0.4) is 0 Å². The molecular weight excluding hydrogens is 436 g/mol. The van der Waals surface area contributed by atoms with Crippen LogP contribution in [-0.2, 0) is 29.6 Å². The Kier molecular flexibility index (Phi) is 5.44. The van der Waals surface area contributed by atoms with Gasteiger partial charge in [0.2, 0.25) is 5.91 Å². The molecule has 3 aromatic rings. The summed E-state index contributed by atoms with van der Waals surface area (Å²) >= 11 is 0. The molecular formula is C29H34N4O2. The van der Waals surface area contributed by atoms with E-state index < -0.39 is 0 Å². The molecule has 0 bridgehead atoms. The Bertz CT molecular complexity index is 1340. The van der Waals surface area contributed by atoms with Gasteiger partial charge in [0.15, 0.2) is 0 Å². The van der Waals surface area contributed by atoms with Crippen LogP contribution in [0.15, 0.2) is 36.4 Å². The first-order valence-corrected chi connectivity index (χ1v) is 13.0. The number of unbranched alkanes of at least 4 members (excludes halogenated alkanes) is 1. The van der Waals surface area contributed by atoms with Gasteiger partial charge in [-0.15, -0.1) is 0 Å². The van der Waals surface area contributed by atoms with Gasteiger partial charge >= 0.3 is 6.03 Å². The predicted molar refractivity (Wildman–Crippen MR) is 139 cm³/mol. The summed E-state index contributed by atoms with van der Waals surface area (Å²) in [6.07, 6.45) is 7.09. The number of hydrogen-bond acceptors (Lipinski definition) is 3. The van der Waals surface area contributed by atoms with E-state index in [1.54, 1.807) is 7.05 Å². The van der Waals surface area contributed by atoms with Gasteiger partial charge in [0.25, 0.3) is 0 Å². The number of aryl methyl sites for hydroxylation is 2. The molecule has 2 aromatic carbocycles. The van der Waals surface area contributed by atoms with Crippen molar-refractivity contribution in [2.75, 3.05) is 25.5 Å². The third kappa shape index (κ3) is 3.41. The van der Waals surface area contributed by atoms with Crippen molar-refractivity contribution in [2.24, 2.45) is 0 Å². The van der Waals surface area contributed by atoms with Crippen LogP contribution in [0, 0.1) is 6.92 Å². The van der Waals surface area contributed by atoms with Gasteiger partial charge in [0.1, 0.15) is 0 Å². The molecule has 3 aliphatic rings. The van der Waals surface area contributed by atoms with Gasteiger partial charge in [-0.1, -0.05) is 30.7 Å². The molecule has 2 aliphatic heterocycles. The average molecular weight is 471 g/mol. The summed E-state index contributed by atoms with van der Waals surface area (Å²) in [5.74, 6) is 0.202. The predicted octanol–water partition coefficient (Wildman–Crippen LogP) is 4.89. The molecule has 0 unspecified atom stereocenters. The van der Waals surface area contributed by atoms with Crippen LogP contribution in [0.2, 0.25) is 0 Å². The largest absolute Gasteiger partial charge is 0.340 e. The first-order chi connectivity index (χ1) is 17.0. The molecule has 0 fully saturated rings. The molecule has 182 valence electrons. The molecule has 35 heavy (non-hydrogen) atoms. The SMILES string of the molecule is CNC(=O)n1c2c(c3c(C)cccc31)CCN(CCCC[C@@]13CCCc4cccc(c41)NC3=O)C2. The normalized spacial score (nSPS) is 21.0. The number of nitrogens with one attached hydrogen (secondary N) is 2. The topological polar surface area (TPSA) is 66.4 Å². The second-order valence-electron chi connectivity index (χ2n) is 10.5. The van der Waals surface area contributed by atoms with Gasteiger partial charge in [0, 0.05) is 36.9 Å². The fourth-order valence-corrected chi connectivity index (χ4v) is 6.96. The molecule has 1 atom stereocenters. The summed E-state index contributed by atoms with van der Waals surface area (Å²) < 4.78 is 1.88. The van der Waals surface area contributed by atoms with Crippen molar-refractivity contribution in [3.63, 3.8) is 0 Å². The van der Waals surface area contributed by atoms with E-state index in [1.165, 1.54) is 27.6 Å². The van der Waals surface area contributed by atoms with E-state index in [-0.39, 0.29) is 17.4 Å². The van der Waals surface area contributed by atoms with Crippen LogP contribution in [0.5, 0.6) is 0 Å². The summed E-state index contributed by atoms with van der Waals surface area (Å²) in [6.45, 7) is 4.92. The van der Waals surface area contributed by atoms with Crippen molar-refractivity contribution in [3.05, 3.63) is 64.3 Å². The fourth-order valence-electron chi connectivity index (χ4n) is 6.96. The quantitative estimate of drug-likeness (QED) is 0.522. The summed E-state index contributed by atoms with van der Waals surface area (Å²) in [4.78, 5) is 28.4. The van der Waals surface area contributed by atoms with Gasteiger partial charge in [-0.25, -0.2) is 4.79 Å². The number of amides is 2. The van der Waals surface area contributed by atoms with Gasteiger partial charge in [-0.2, -0.15) is 0 Å². The Morgan fingerprint density at radius 2 is 2.00 bits per heavy atom. The van der Waals surface area contributed by atoms with Crippen LogP contribution in [0.4, 0.5) is 10.5 Å². The van der Waals surface area contributed by atoms with Crippen LogP contribution >= 0.6 is 0 Å². The lowest BCUT2D eigenvalue weighted by Crippen LogP contribution is -2.38. The summed E-state index contributed by atoms with van der Waals surface area (Å²) in [5.41, 5.74) is 8.03. The smallest absolute Gasteiger partial charge is 0.326 e. The zero-order valence-electron chi connectivity index (χ0n) is 20.7. The second kappa shape index (κ2) is 8.52. The number of benzene rings is 2. The number of hydrogen-bond donors (Lipinski definition) is 2. The second-order valence-corrected chi connectivity index (χ2v) is 10.5. The maximum atomic E-state index is 13.1.